The van der Waals surface area contributed by atoms with Crippen LogP contribution in [0, 0.1) is 10.7 Å². The summed E-state index contributed by atoms with van der Waals surface area (Å²) in [5.74, 6) is 0. The lowest BCUT2D eigenvalue weighted by atomic mass is 10.4. The van der Waals surface area contributed by atoms with Crippen molar-refractivity contribution < 1.29 is 13.3 Å². The maximum absolute atomic E-state index is 5.96. The highest BCUT2D eigenvalue weighted by atomic mass is 127. The van der Waals surface area contributed by atoms with E-state index < -0.39 is 8.80 Å². The normalized spacial score (nSPS) is 11.9. The van der Waals surface area contributed by atoms with Gasteiger partial charge in [0.1, 0.15) is 0 Å². The average Bonchev–Trinajstić information content (AvgIpc) is 2.34. The van der Waals surface area contributed by atoms with Gasteiger partial charge in [-0.05, 0) is 101 Å². The summed E-state index contributed by atoms with van der Waals surface area (Å²) in [4.78, 5) is 0. The average molecular weight is 618 g/mol. The summed E-state index contributed by atoms with van der Waals surface area (Å²) in [6.07, 6.45) is 0. The number of benzene rings is 1. The highest BCUT2D eigenvalue weighted by Gasteiger charge is 2.45. The second kappa shape index (κ2) is 8.83. The van der Waals surface area contributed by atoms with Crippen molar-refractivity contribution in [1.82, 2.24) is 0 Å². The van der Waals surface area contributed by atoms with Gasteiger partial charge in [-0.25, -0.2) is 0 Å². The Morgan fingerprint density at radius 2 is 1.21 bits per heavy atom. The topological polar surface area (TPSA) is 27.7 Å². The Balaban J connectivity index is 3.33. The molecule has 0 aliphatic heterocycles. The number of hydrogen-bond donors (Lipinski definition) is 0. The number of hydrogen-bond acceptors (Lipinski definition) is 3. The fourth-order valence-electron chi connectivity index (χ4n) is 1.69. The zero-order chi connectivity index (χ0) is 14.5. The van der Waals surface area contributed by atoms with Gasteiger partial charge in [0, 0.05) is 35.7 Å². The van der Waals surface area contributed by atoms with E-state index in [0.29, 0.717) is 19.8 Å². The molecule has 0 unspecified atom stereocenters. The molecule has 0 amide bonds. The monoisotopic (exact) mass is 618 g/mol. The zero-order valence-electron chi connectivity index (χ0n) is 11.1. The molecule has 1 aromatic rings. The van der Waals surface area contributed by atoms with Crippen LogP contribution in [0.4, 0.5) is 0 Å². The summed E-state index contributed by atoms with van der Waals surface area (Å²) in [5.41, 5.74) is 0. The van der Waals surface area contributed by atoms with Crippen LogP contribution in [-0.2, 0) is 13.3 Å². The van der Waals surface area contributed by atoms with Crippen molar-refractivity contribution in [2.24, 2.45) is 0 Å². The predicted octanol–water partition coefficient (Wildman–Crippen LogP) is 3.76. The van der Waals surface area contributed by atoms with Gasteiger partial charge < -0.3 is 13.3 Å². The molecule has 0 spiro atoms. The Kier molecular flexibility index (Phi) is 8.62. The third kappa shape index (κ3) is 4.74. The molecule has 0 fully saturated rings. The van der Waals surface area contributed by atoms with Gasteiger partial charge in [-0.2, -0.15) is 0 Å². The first-order valence-corrected chi connectivity index (χ1v) is 11.0. The summed E-state index contributed by atoms with van der Waals surface area (Å²) in [6, 6.07) is 4.29. The maximum atomic E-state index is 5.96. The van der Waals surface area contributed by atoms with Gasteiger partial charge in [0.2, 0.25) is 0 Å². The van der Waals surface area contributed by atoms with Crippen LogP contribution >= 0.6 is 67.8 Å². The smallest absolute Gasteiger partial charge is 0.370 e. The molecule has 3 nitrogen and oxygen atoms in total. The van der Waals surface area contributed by atoms with Gasteiger partial charge in [-0.3, -0.25) is 0 Å². The minimum atomic E-state index is -2.79. The Hall–Kier alpha value is 1.51. The molecule has 0 N–H and O–H groups in total. The first-order valence-electron chi connectivity index (χ1n) is 6.07. The van der Waals surface area contributed by atoms with Crippen molar-refractivity contribution in [1.29, 1.82) is 0 Å². The van der Waals surface area contributed by atoms with Crippen LogP contribution in [0.5, 0.6) is 0 Å². The zero-order valence-corrected chi connectivity index (χ0v) is 18.6. The van der Waals surface area contributed by atoms with Crippen LogP contribution in [0.1, 0.15) is 20.8 Å². The second-order valence-corrected chi connectivity index (χ2v) is 9.61. The number of halogens is 3. The molecule has 1 aromatic carbocycles. The van der Waals surface area contributed by atoms with Crippen LogP contribution in [-0.4, -0.2) is 28.6 Å². The molecular formula is C12H17I3O3Si. The minimum absolute atomic E-state index is 0.588. The van der Waals surface area contributed by atoms with E-state index >= 15 is 0 Å². The summed E-state index contributed by atoms with van der Waals surface area (Å²) in [6.45, 7) is 7.69. The highest BCUT2D eigenvalue weighted by molar-refractivity contribution is 14.1. The molecule has 1 rings (SSSR count). The van der Waals surface area contributed by atoms with Crippen molar-refractivity contribution >= 4 is 81.8 Å². The van der Waals surface area contributed by atoms with Gasteiger partial charge in [0.15, 0.2) is 0 Å². The second-order valence-electron chi connectivity index (χ2n) is 3.60. The molecule has 0 bridgehead atoms. The Labute approximate surface area is 156 Å². The highest BCUT2D eigenvalue weighted by Crippen LogP contribution is 2.21. The Morgan fingerprint density at radius 3 is 1.63 bits per heavy atom. The van der Waals surface area contributed by atoms with Crippen molar-refractivity contribution in [2.45, 2.75) is 20.8 Å². The van der Waals surface area contributed by atoms with Crippen molar-refractivity contribution in [3.05, 3.63) is 22.8 Å². The SMILES string of the molecule is CCO[Si](OCC)(OCC)c1cc(I)c(I)cc1I. The standard InChI is InChI=1S/C12H17I3O3Si/c1-4-16-19(17-5-2,18-6-3)12-8-10(14)9(13)7-11(12)15/h7-8H,4-6H2,1-3H3. The minimum Gasteiger partial charge on any atom is -0.370 e. The summed E-state index contributed by atoms with van der Waals surface area (Å²) >= 11 is 7.01. The summed E-state index contributed by atoms with van der Waals surface area (Å²) in [5, 5.41) is 1.07. The molecule has 0 radical (unpaired) electrons. The molecular weight excluding hydrogens is 601 g/mol. The van der Waals surface area contributed by atoms with Gasteiger partial charge in [-0.15, -0.1) is 0 Å². The summed E-state index contributed by atoms with van der Waals surface area (Å²) < 4.78 is 21.4. The first kappa shape index (κ1) is 18.6. The van der Waals surface area contributed by atoms with Crippen LogP contribution < -0.4 is 5.19 Å². The molecule has 0 heterocycles. The van der Waals surface area contributed by atoms with Crippen molar-refractivity contribution in [2.75, 3.05) is 19.8 Å². The van der Waals surface area contributed by atoms with E-state index in [1.807, 2.05) is 20.8 Å². The van der Waals surface area contributed by atoms with Gasteiger partial charge in [0.05, 0.1) is 0 Å². The largest absolute Gasteiger partial charge is 0.538 e. The lowest BCUT2D eigenvalue weighted by Crippen LogP contribution is -2.58. The predicted molar refractivity (Wildman–Crippen MR) is 105 cm³/mol. The van der Waals surface area contributed by atoms with E-state index in [4.69, 9.17) is 13.3 Å². The van der Waals surface area contributed by atoms with Crippen molar-refractivity contribution in [3.8, 4) is 0 Å². The van der Waals surface area contributed by atoms with Gasteiger partial charge >= 0.3 is 8.80 Å². The fourth-order valence-corrected chi connectivity index (χ4v) is 7.51. The van der Waals surface area contributed by atoms with E-state index in [9.17, 15) is 0 Å². The molecule has 0 aliphatic rings. The fraction of sp³-hybridized carbons (Fsp3) is 0.500. The Morgan fingerprint density at radius 1 is 0.789 bits per heavy atom. The molecule has 0 saturated heterocycles. The quantitative estimate of drug-likeness (QED) is 0.265. The van der Waals surface area contributed by atoms with Crippen LogP contribution in [0.2, 0.25) is 0 Å². The number of rotatable bonds is 7. The maximum Gasteiger partial charge on any atom is 0.538 e. The van der Waals surface area contributed by atoms with E-state index in [0.717, 1.165) is 8.76 Å². The first-order chi connectivity index (χ1) is 9.00. The van der Waals surface area contributed by atoms with Crippen LogP contribution in [0.15, 0.2) is 12.1 Å². The third-order valence-electron chi connectivity index (χ3n) is 2.34. The van der Waals surface area contributed by atoms with Gasteiger partial charge in [-0.1, -0.05) is 0 Å². The summed E-state index contributed by atoms with van der Waals surface area (Å²) in [7, 11) is -2.79. The molecule has 108 valence electrons. The lowest BCUT2D eigenvalue weighted by molar-refractivity contribution is 0.0857. The van der Waals surface area contributed by atoms with E-state index in [1.165, 1.54) is 7.14 Å². The van der Waals surface area contributed by atoms with E-state index in [-0.39, 0.29) is 0 Å². The van der Waals surface area contributed by atoms with Crippen LogP contribution in [0.3, 0.4) is 0 Å². The van der Waals surface area contributed by atoms with Gasteiger partial charge in [0.25, 0.3) is 0 Å². The third-order valence-corrected chi connectivity index (χ3v) is 9.64. The molecule has 7 heteroatoms. The molecule has 19 heavy (non-hydrogen) atoms. The molecule has 0 atom stereocenters. The van der Waals surface area contributed by atoms with Crippen LogP contribution in [0.25, 0.3) is 0 Å². The lowest BCUT2D eigenvalue weighted by Gasteiger charge is -2.29. The molecule has 0 saturated carbocycles. The van der Waals surface area contributed by atoms with E-state index in [1.54, 1.807) is 0 Å². The van der Waals surface area contributed by atoms with E-state index in [2.05, 4.69) is 79.9 Å². The Bertz CT molecular complexity index is 412. The van der Waals surface area contributed by atoms with Crippen molar-refractivity contribution in [3.63, 3.8) is 0 Å². The molecule has 0 aromatic heterocycles. The molecule has 0 aliphatic carbocycles.